The summed E-state index contributed by atoms with van der Waals surface area (Å²) in [5.74, 6) is -0.223. The van der Waals surface area contributed by atoms with Crippen molar-refractivity contribution in [2.24, 2.45) is 0 Å². The molecule has 5 nitrogen and oxygen atoms in total. The Morgan fingerprint density at radius 3 is 2.14 bits per heavy atom. The van der Waals surface area contributed by atoms with Crippen molar-refractivity contribution in [3.05, 3.63) is 65.7 Å². The second-order valence-corrected chi connectivity index (χ2v) is 4.57. The molecule has 2 aromatic carbocycles. The second kappa shape index (κ2) is 7.26. The van der Waals surface area contributed by atoms with Gasteiger partial charge in [-0.15, -0.1) is 0 Å². The first-order chi connectivity index (χ1) is 10.7. The predicted octanol–water partition coefficient (Wildman–Crippen LogP) is 2.34. The van der Waals surface area contributed by atoms with E-state index in [0.29, 0.717) is 16.9 Å². The summed E-state index contributed by atoms with van der Waals surface area (Å²) >= 11 is 0. The lowest BCUT2D eigenvalue weighted by molar-refractivity contribution is -0.143. The average Bonchev–Trinajstić information content (AvgIpc) is 2.59. The van der Waals surface area contributed by atoms with Gasteiger partial charge in [-0.3, -0.25) is 4.79 Å². The van der Waals surface area contributed by atoms with Crippen LogP contribution in [0.15, 0.2) is 54.6 Å². The zero-order chi connectivity index (χ0) is 15.9. The minimum absolute atomic E-state index is 0.359. The van der Waals surface area contributed by atoms with Crippen LogP contribution in [0.4, 0.5) is 0 Å². The van der Waals surface area contributed by atoms with E-state index in [-0.39, 0.29) is 5.91 Å². The summed E-state index contributed by atoms with van der Waals surface area (Å²) in [5.41, 5.74) is 1.10. The Balaban J connectivity index is 2.19. The molecule has 0 bridgehead atoms. The maximum Gasteiger partial charge on any atom is 0.333 e. The fraction of sp³-hybridized carbons (Fsp3) is 0.176. The first-order valence-electron chi connectivity index (χ1n) is 6.73. The van der Waals surface area contributed by atoms with Crippen molar-refractivity contribution < 1.29 is 19.1 Å². The fourth-order valence-electron chi connectivity index (χ4n) is 2.00. The van der Waals surface area contributed by atoms with Crippen molar-refractivity contribution >= 4 is 11.9 Å². The van der Waals surface area contributed by atoms with Gasteiger partial charge < -0.3 is 14.8 Å². The highest BCUT2D eigenvalue weighted by atomic mass is 16.5. The molecule has 1 amide bonds. The second-order valence-electron chi connectivity index (χ2n) is 4.57. The Labute approximate surface area is 128 Å². The molecule has 1 N–H and O–H groups in total. The van der Waals surface area contributed by atoms with Gasteiger partial charge in [-0.1, -0.05) is 30.3 Å². The molecular formula is C17H17NO4. The van der Waals surface area contributed by atoms with Gasteiger partial charge in [0.2, 0.25) is 0 Å². The van der Waals surface area contributed by atoms with Gasteiger partial charge in [0.15, 0.2) is 6.04 Å². The quantitative estimate of drug-likeness (QED) is 0.861. The molecule has 114 valence electrons. The van der Waals surface area contributed by atoms with Crippen LogP contribution in [0.1, 0.15) is 22.0 Å². The summed E-state index contributed by atoms with van der Waals surface area (Å²) < 4.78 is 9.82. The maximum atomic E-state index is 12.3. The summed E-state index contributed by atoms with van der Waals surface area (Å²) in [6.07, 6.45) is 0. The molecule has 0 aliphatic heterocycles. The van der Waals surface area contributed by atoms with E-state index in [0.717, 1.165) is 0 Å². The Morgan fingerprint density at radius 1 is 0.955 bits per heavy atom. The predicted molar refractivity (Wildman–Crippen MR) is 81.7 cm³/mol. The molecule has 22 heavy (non-hydrogen) atoms. The van der Waals surface area contributed by atoms with Crippen LogP contribution in [0.3, 0.4) is 0 Å². The van der Waals surface area contributed by atoms with E-state index in [2.05, 4.69) is 5.32 Å². The van der Waals surface area contributed by atoms with Crippen molar-refractivity contribution in [3.8, 4) is 5.75 Å². The van der Waals surface area contributed by atoms with E-state index >= 15 is 0 Å². The van der Waals surface area contributed by atoms with Crippen molar-refractivity contribution in [1.29, 1.82) is 0 Å². The number of esters is 1. The van der Waals surface area contributed by atoms with E-state index in [9.17, 15) is 9.59 Å². The van der Waals surface area contributed by atoms with Crippen molar-refractivity contribution in [2.45, 2.75) is 6.04 Å². The normalized spacial score (nSPS) is 11.4. The monoisotopic (exact) mass is 299 g/mol. The molecule has 0 aromatic heterocycles. The highest BCUT2D eigenvalue weighted by Gasteiger charge is 2.23. The van der Waals surface area contributed by atoms with Crippen LogP contribution in [0.25, 0.3) is 0 Å². The largest absolute Gasteiger partial charge is 0.497 e. The Bertz CT molecular complexity index is 637. The first-order valence-corrected chi connectivity index (χ1v) is 6.73. The molecule has 0 heterocycles. The fourth-order valence-corrected chi connectivity index (χ4v) is 2.00. The van der Waals surface area contributed by atoms with E-state index in [4.69, 9.17) is 9.47 Å². The zero-order valence-corrected chi connectivity index (χ0v) is 12.4. The van der Waals surface area contributed by atoms with Gasteiger partial charge >= 0.3 is 5.97 Å². The third-order valence-corrected chi connectivity index (χ3v) is 3.20. The molecular weight excluding hydrogens is 282 g/mol. The van der Waals surface area contributed by atoms with Crippen LogP contribution in [0, 0.1) is 0 Å². The molecule has 0 aliphatic rings. The molecule has 5 heteroatoms. The number of hydrogen-bond donors (Lipinski definition) is 1. The SMILES string of the molecule is COC(=O)C(NC(=O)c1ccc(OC)cc1)c1ccccc1. The molecule has 1 unspecified atom stereocenters. The smallest absolute Gasteiger partial charge is 0.333 e. The van der Waals surface area contributed by atoms with Gasteiger partial charge in [-0.25, -0.2) is 4.79 Å². The summed E-state index contributed by atoms with van der Waals surface area (Å²) in [4.78, 5) is 24.2. The molecule has 0 fully saturated rings. The lowest BCUT2D eigenvalue weighted by atomic mass is 10.1. The summed E-state index contributed by atoms with van der Waals surface area (Å²) in [6, 6.07) is 14.7. The minimum Gasteiger partial charge on any atom is -0.497 e. The highest BCUT2D eigenvalue weighted by molar-refractivity contribution is 5.97. The first kappa shape index (κ1) is 15.6. The number of carbonyl (C=O) groups is 2. The molecule has 0 saturated carbocycles. The van der Waals surface area contributed by atoms with Crippen LogP contribution in [-0.2, 0) is 9.53 Å². The maximum absolute atomic E-state index is 12.3. The molecule has 0 saturated heterocycles. The van der Waals surface area contributed by atoms with Gasteiger partial charge in [-0.05, 0) is 29.8 Å². The third kappa shape index (κ3) is 3.63. The molecule has 0 aliphatic carbocycles. The number of nitrogens with one attached hydrogen (secondary N) is 1. The van der Waals surface area contributed by atoms with Gasteiger partial charge in [0.1, 0.15) is 5.75 Å². The summed E-state index contributed by atoms with van der Waals surface area (Å²) in [6.45, 7) is 0. The molecule has 2 rings (SSSR count). The van der Waals surface area contributed by atoms with Gasteiger partial charge in [0.05, 0.1) is 14.2 Å². The van der Waals surface area contributed by atoms with Crippen LogP contribution >= 0.6 is 0 Å². The zero-order valence-electron chi connectivity index (χ0n) is 12.4. The van der Waals surface area contributed by atoms with Crippen LogP contribution in [-0.4, -0.2) is 26.1 Å². The number of hydrogen-bond acceptors (Lipinski definition) is 4. The Kier molecular flexibility index (Phi) is 5.14. The lowest BCUT2D eigenvalue weighted by Crippen LogP contribution is -2.34. The number of rotatable bonds is 5. The van der Waals surface area contributed by atoms with E-state index in [1.165, 1.54) is 7.11 Å². The molecule has 1 atom stereocenters. The Hall–Kier alpha value is -2.82. The molecule has 0 spiro atoms. The minimum atomic E-state index is -0.846. The molecule has 2 aromatic rings. The van der Waals surface area contributed by atoms with E-state index in [1.807, 2.05) is 6.07 Å². The lowest BCUT2D eigenvalue weighted by Gasteiger charge is -2.17. The number of amides is 1. The van der Waals surface area contributed by atoms with Crippen LogP contribution < -0.4 is 10.1 Å². The highest BCUT2D eigenvalue weighted by Crippen LogP contribution is 2.16. The van der Waals surface area contributed by atoms with Crippen molar-refractivity contribution in [1.82, 2.24) is 5.32 Å². The number of benzene rings is 2. The van der Waals surface area contributed by atoms with Gasteiger partial charge in [0, 0.05) is 5.56 Å². The third-order valence-electron chi connectivity index (χ3n) is 3.20. The average molecular weight is 299 g/mol. The van der Waals surface area contributed by atoms with E-state index < -0.39 is 12.0 Å². The number of ether oxygens (including phenoxy) is 2. The van der Waals surface area contributed by atoms with Crippen LogP contribution in [0.2, 0.25) is 0 Å². The number of methoxy groups -OCH3 is 2. The van der Waals surface area contributed by atoms with Crippen LogP contribution in [0.5, 0.6) is 5.75 Å². The number of carbonyl (C=O) groups excluding carboxylic acids is 2. The Morgan fingerprint density at radius 2 is 1.59 bits per heavy atom. The van der Waals surface area contributed by atoms with E-state index in [1.54, 1.807) is 55.6 Å². The summed E-state index contributed by atoms with van der Waals surface area (Å²) in [7, 11) is 2.84. The van der Waals surface area contributed by atoms with Gasteiger partial charge in [-0.2, -0.15) is 0 Å². The summed E-state index contributed by atoms with van der Waals surface area (Å²) in [5, 5.41) is 2.68. The van der Waals surface area contributed by atoms with Crippen molar-refractivity contribution in [2.75, 3.05) is 14.2 Å². The topological polar surface area (TPSA) is 64.6 Å². The van der Waals surface area contributed by atoms with Crippen molar-refractivity contribution in [3.63, 3.8) is 0 Å². The molecule has 0 radical (unpaired) electrons. The van der Waals surface area contributed by atoms with Gasteiger partial charge in [0.25, 0.3) is 5.91 Å². The standard InChI is InChI=1S/C17H17NO4/c1-21-14-10-8-13(9-11-14)16(19)18-15(17(20)22-2)12-6-4-3-5-7-12/h3-11,15H,1-2H3,(H,18,19).